The zero-order valence-electron chi connectivity index (χ0n) is 15.8. The molecule has 0 saturated carbocycles. The lowest BCUT2D eigenvalue weighted by Crippen LogP contribution is -2.50. The molecule has 1 N–H and O–H groups in total. The first-order valence-corrected chi connectivity index (χ1v) is 9.06. The molecule has 0 unspecified atom stereocenters. The number of benzene rings is 1. The molecule has 0 atom stereocenters. The highest BCUT2D eigenvalue weighted by molar-refractivity contribution is 5.93. The van der Waals surface area contributed by atoms with Gasteiger partial charge in [-0.15, -0.1) is 0 Å². The number of hydrogen-bond acceptors (Lipinski definition) is 6. The number of halogens is 1. The Kier molecular flexibility index (Phi) is 6.03. The largest absolute Gasteiger partial charge is 0.450 e. The summed E-state index contributed by atoms with van der Waals surface area (Å²) in [6.07, 6.45) is -0.371. The molecule has 8 nitrogen and oxygen atoms in total. The van der Waals surface area contributed by atoms with Crippen molar-refractivity contribution >= 4 is 23.6 Å². The van der Waals surface area contributed by atoms with Gasteiger partial charge < -0.3 is 19.9 Å². The number of carbonyl (C=O) groups is 2. The van der Waals surface area contributed by atoms with E-state index in [-0.39, 0.29) is 29.3 Å². The summed E-state index contributed by atoms with van der Waals surface area (Å²) in [5.41, 5.74) is 1.04. The van der Waals surface area contributed by atoms with Crippen LogP contribution in [-0.4, -0.2) is 64.6 Å². The minimum atomic E-state index is -0.435. The molecule has 0 spiro atoms. The molecule has 0 bridgehead atoms. The van der Waals surface area contributed by atoms with Crippen LogP contribution in [0.4, 0.5) is 20.8 Å². The molecule has 1 aliphatic rings. The molecule has 0 radical (unpaired) electrons. The first-order valence-electron chi connectivity index (χ1n) is 9.06. The van der Waals surface area contributed by atoms with E-state index >= 15 is 0 Å². The highest BCUT2D eigenvalue weighted by Crippen LogP contribution is 2.18. The normalized spacial score (nSPS) is 14.0. The summed E-state index contributed by atoms with van der Waals surface area (Å²) in [4.78, 5) is 36.3. The Hall–Kier alpha value is -3.23. The van der Waals surface area contributed by atoms with Gasteiger partial charge in [-0.1, -0.05) is 12.1 Å². The topological polar surface area (TPSA) is 87.7 Å². The number of carbonyl (C=O) groups excluding carboxylic acids is 2. The van der Waals surface area contributed by atoms with Gasteiger partial charge in [-0.2, -0.15) is 0 Å². The van der Waals surface area contributed by atoms with Crippen molar-refractivity contribution in [3.8, 4) is 0 Å². The minimum absolute atomic E-state index is 0.151. The molecule has 148 valence electrons. The van der Waals surface area contributed by atoms with E-state index in [1.807, 2.05) is 0 Å². The van der Waals surface area contributed by atoms with Crippen molar-refractivity contribution in [3.63, 3.8) is 0 Å². The van der Waals surface area contributed by atoms with Crippen LogP contribution in [0.2, 0.25) is 0 Å². The number of anilines is 2. The number of aryl methyl sites for hydroxylation is 1. The van der Waals surface area contributed by atoms with Gasteiger partial charge in [0.1, 0.15) is 11.5 Å². The van der Waals surface area contributed by atoms with E-state index < -0.39 is 5.82 Å². The fourth-order valence-corrected chi connectivity index (χ4v) is 2.89. The number of nitrogens with one attached hydrogen (secondary N) is 1. The van der Waals surface area contributed by atoms with Crippen LogP contribution in [0, 0.1) is 12.7 Å². The number of piperazine rings is 1. The summed E-state index contributed by atoms with van der Waals surface area (Å²) < 4.78 is 18.8. The monoisotopic (exact) mass is 387 g/mol. The average Bonchev–Trinajstić information content (AvgIpc) is 2.69. The van der Waals surface area contributed by atoms with E-state index in [9.17, 15) is 14.0 Å². The second-order valence-electron chi connectivity index (χ2n) is 6.30. The molecule has 2 amide bonds. The van der Waals surface area contributed by atoms with Gasteiger partial charge in [-0.3, -0.25) is 4.79 Å². The van der Waals surface area contributed by atoms with Gasteiger partial charge >= 0.3 is 6.09 Å². The lowest BCUT2D eigenvalue weighted by Gasteiger charge is -2.33. The lowest BCUT2D eigenvalue weighted by atomic mass is 10.2. The van der Waals surface area contributed by atoms with Crippen LogP contribution < -0.4 is 5.32 Å². The predicted octanol–water partition coefficient (Wildman–Crippen LogP) is 2.58. The first kappa shape index (κ1) is 19.5. The number of ether oxygens (including phenoxy) is 1. The zero-order chi connectivity index (χ0) is 20.1. The summed E-state index contributed by atoms with van der Waals surface area (Å²) in [5, 5.41) is 2.81. The van der Waals surface area contributed by atoms with E-state index in [2.05, 4.69) is 15.3 Å². The molecule has 28 heavy (non-hydrogen) atoms. The average molecular weight is 387 g/mol. The Morgan fingerprint density at radius 2 is 1.82 bits per heavy atom. The number of amides is 2. The highest BCUT2D eigenvalue weighted by Gasteiger charge is 2.26. The summed E-state index contributed by atoms with van der Waals surface area (Å²) in [6, 6.07) is 7.76. The number of nitrogens with zero attached hydrogens (tertiary/aromatic N) is 4. The van der Waals surface area contributed by atoms with E-state index in [1.54, 1.807) is 47.9 Å². The Labute approximate surface area is 162 Å². The summed E-state index contributed by atoms with van der Waals surface area (Å²) >= 11 is 0. The number of hydrogen-bond donors (Lipinski definition) is 1. The first-order chi connectivity index (χ1) is 13.5. The molecular weight excluding hydrogens is 365 g/mol. The van der Waals surface area contributed by atoms with Crippen LogP contribution in [0.25, 0.3) is 0 Å². The molecule has 0 aliphatic carbocycles. The van der Waals surface area contributed by atoms with Crippen LogP contribution >= 0.6 is 0 Å². The molecule has 1 aliphatic heterocycles. The van der Waals surface area contributed by atoms with E-state index in [0.717, 1.165) is 0 Å². The Morgan fingerprint density at radius 1 is 1.14 bits per heavy atom. The van der Waals surface area contributed by atoms with Crippen LogP contribution in [0.1, 0.15) is 23.1 Å². The van der Waals surface area contributed by atoms with E-state index in [1.165, 1.54) is 6.07 Å². The zero-order valence-corrected chi connectivity index (χ0v) is 15.8. The van der Waals surface area contributed by atoms with Crippen molar-refractivity contribution in [2.75, 3.05) is 38.1 Å². The van der Waals surface area contributed by atoms with Gasteiger partial charge in [-0.05, 0) is 32.0 Å². The second-order valence-corrected chi connectivity index (χ2v) is 6.30. The second kappa shape index (κ2) is 8.64. The molecule has 2 heterocycles. The molecule has 2 aromatic rings. The van der Waals surface area contributed by atoms with Gasteiger partial charge in [-0.25, -0.2) is 19.2 Å². The number of rotatable bonds is 4. The van der Waals surface area contributed by atoms with Gasteiger partial charge in [0, 0.05) is 31.9 Å². The van der Waals surface area contributed by atoms with Crippen molar-refractivity contribution in [2.24, 2.45) is 0 Å². The smallest absolute Gasteiger partial charge is 0.409 e. The van der Waals surface area contributed by atoms with E-state index in [0.29, 0.717) is 38.5 Å². The van der Waals surface area contributed by atoms with Crippen molar-refractivity contribution in [2.45, 2.75) is 13.8 Å². The van der Waals surface area contributed by atoms with Crippen molar-refractivity contribution in [3.05, 3.63) is 47.5 Å². The molecule has 3 rings (SSSR count). The van der Waals surface area contributed by atoms with Crippen LogP contribution in [-0.2, 0) is 4.74 Å². The number of aromatic nitrogens is 2. The van der Waals surface area contributed by atoms with Crippen molar-refractivity contribution < 1.29 is 18.7 Å². The number of para-hydroxylation sites is 1. The minimum Gasteiger partial charge on any atom is -0.450 e. The lowest BCUT2D eigenvalue weighted by molar-refractivity contribution is 0.0566. The van der Waals surface area contributed by atoms with E-state index in [4.69, 9.17) is 4.74 Å². The molecular formula is C19H22FN5O3. The third kappa shape index (κ3) is 4.54. The highest BCUT2D eigenvalue weighted by atomic mass is 19.1. The standard InChI is InChI=1S/C19H22FN5O3/c1-3-28-19(27)25-10-8-24(9-11-25)17(26)16-12-13(2)21-18(23-16)22-15-7-5-4-6-14(15)20/h4-7,12H,3,8-11H2,1-2H3,(H,21,22,23). The quantitative estimate of drug-likeness (QED) is 0.868. The SMILES string of the molecule is CCOC(=O)N1CCN(C(=O)c2cc(C)nc(Nc3ccccc3F)n2)CC1. The Bertz CT molecular complexity index is 868. The third-order valence-electron chi connectivity index (χ3n) is 4.29. The fourth-order valence-electron chi connectivity index (χ4n) is 2.89. The maximum Gasteiger partial charge on any atom is 0.409 e. The molecule has 1 aromatic carbocycles. The van der Waals surface area contributed by atoms with Gasteiger partial charge in [0.25, 0.3) is 5.91 Å². The summed E-state index contributed by atoms with van der Waals surface area (Å²) in [5.74, 6) is -0.542. The van der Waals surface area contributed by atoms with Crippen LogP contribution in [0.5, 0.6) is 0 Å². The molecule has 1 fully saturated rings. The summed E-state index contributed by atoms with van der Waals surface area (Å²) in [6.45, 7) is 5.37. The van der Waals surface area contributed by atoms with Crippen molar-refractivity contribution in [1.29, 1.82) is 0 Å². The van der Waals surface area contributed by atoms with Gasteiger partial charge in [0.15, 0.2) is 0 Å². The molecule has 9 heteroatoms. The maximum atomic E-state index is 13.8. The van der Waals surface area contributed by atoms with Crippen molar-refractivity contribution in [1.82, 2.24) is 19.8 Å². The Morgan fingerprint density at radius 3 is 2.50 bits per heavy atom. The summed E-state index contributed by atoms with van der Waals surface area (Å²) in [7, 11) is 0. The predicted molar refractivity (Wildman–Crippen MR) is 101 cm³/mol. The van der Waals surface area contributed by atoms with Gasteiger partial charge in [0.05, 0.1) is 12.3 Å². The third-order valence-corrected chi connectivity index (χ3v) is 4.29. The fraction of sp³-hybridized carbons (Fsp3) is 0.368. The molecule has 1 saturated heterocycles. The van der Waals surface area contributed by atoms with Gasteiger partial charge in [0.2, 0.25) is 5.95 Å². The van der Waals surface area contributed by atoms with Crippen LogP contribution in [0.3, 0.4) is 0 Å². The van der Waals surface area contributed by atoms with Crippen LogP contribution in [0.15, 0.2) is 30.3 Å². The maximum absolute atomic E-state index is 13.8. The molecule has 1 aromatic heterocycles. The Balaban J connectivity index is 1.70.